The van der Waals surface area contributed by atoms with Crippen molar-refractivity contribution in [2.45, 2.75) is 39.2 Å². The molecule has 0 saturated carbocycles. The highest BCUT2D eigenvalue weighted by atomic mass is 35.5. The number of esters is 1. The summed E-state index contributed by atoms with van der Waals surface area (Å²) < 4.78 is 4.81. The Morgan fingerprint density at radius 2 is 1.81 bits per heavy atom. The average Bonchev–Trinajstić information content (AvgIpc) is 2.98. The molecule has 0 radical (unpaired) electrons. The number of amides is 1. The van der Waals surface area contributed by atoms with Gasteiger partial charge in [0.25, 0.3) is 0 Å². The number of nitrogens with two attached hydrogens (primary N) is 1. The minimum absolute atomic E-state index is 0. The van der Waals surface area contributed by atoms with Crippen molar-refractivity contribution in [3.63, 3.8) is 0 Å². The van der Waals surface area contributed by atoms with E-state index in [0.29, 0.717) is 21.3 Å². The maximum absolute atomic E-state index is 12.4. The van der Waals surface area contributed by atoms with E-state index >= 15 is 0 Å². The standard InChI is InChI=1S/C18H23N3O3S.ClH/c1-10-6-8-11(9-7-10)12(19)15(22)21-17-20-14(18(2,3)4)13(25-17)16(23)24-5;/h6-9,12H,19H2,1-5H3,(H,20,21,22);1H. The van der Waals surface area contributed by atoms with Gasteiger partial charge in [0.1, 0.15) is 10.9 Å². The van der Waals surface area contributed by atoms with Gasteiger partial charge in [0, 0.05) is 5.41 Å². The molecule has 26 heavy (non-hydrogen) atoms. The van der Waals surface area contributed by atoms with E-state index in [1.807, 2.05) is 52.0 Å². The van der Waals surface area contributed by atoms with Crippen molar-refractivity contribution >= 4 is 40.8 Å². The fourth-order valence-electron chi connectivity index (χ4n) is 2.22. The van der Waals surface area contributed by atoms with Crippen LogP contribution in [0, 0.1) is 6.92 Å². The van der Waals surface area contributed by atoms with Gasteiger partial charge >= 0.3 is 5.97 Å². The summed E-state index contributed by atoms with van der Waals surface area (Å²) in [6.45, 7) is 7.79. The van der Waals surface area contributed by atoms with E-state index in [0.717, 1.165) is 16.9 Å². The second-order valence-electron chi connectivity index (χ2n) is 6.82. The van der Waals surface area contributed by atoms with E-state index in [9.17, 15) is 9.59 Å². The SMILES string of the molecule is COC(=O)c1sc(NC(=O)C(N)c2ccc(C)cc2)nc1C(C)(C)C.Cl. The Balaban J connectivity index is 0.00000338. The van der Waals surface area contributed by atoms with Crippen molar-refractivity contribution < 1.29 is 14.3 Å². The summed E-state index contributed by atoms with van der Waals surface area (Å²) in [6.07, 6.45) is 0. The van der Waals surface area contributed by atoms with Crippen molar-refractivity contribution in [3.05, 3.63) is 46.0 Å². The first-order valence-electron chi connectivity index (χ1n) is 7.86. The fraction of sp³-hybridized carbons (Fsp3) is 0.389. The smallest absolute Gasteiger partial charge is 0.350 e. The van der Waals surface area contributed by atoms with Gasteiger partial charge in [-0.1, -0.05) is 61.9 Å². The number of ether oxygens (including phenoxy) is 1. The number of methoxy groups -OCH3 is 1. The summed E-state index contributed by atoms with van der Waals surface area (Å²) in [5, 5.41) is 3.03. The molecule has 0 fully saturated rings. The predicted molar refractivity (Wildman–Crippen MR) is 106 cm³/mol. The number of aryl methyl sites for hydroxylation is 1. The summed E-state index contributed by atoms with van der Waals surface area (Å²) in [5.74, 6) is -0.847. The molecule has 2 rings (SSSR count). The molecule has 0 aliphatic rings. The first-order chi connectivity index (χ1) is 11.6. The van der Waals surface area contributed by atoms with Gasteiger partial charge < -0.3 is 15.8 Å². The minimum atomic E-state index is -0.816. The van der Waals surface area contributed by atoms with Crippen LogP contribution >= 0.6 is 23.7 Å². The van der Waals surface area contributed by atoms with E-state index in [-0.39, 0.29) is 23.7 Å². The van der Waals surface area contributed by atoms with Gasteiger partial charge in [-0.3, -0.25) is 4.79 Å². The molecule has 2 aromatic rings. The number of halogens is 1. The first kappa shape index (κ1) is 22.1. The van der Waals surface area contributed by atoms with Gasteiger partial charge in [0.2, 0.25) is 5.91 Å². The Hall–Kier alpha value is -1.96. The Morgan fingerprint density at radius 3 is 2.31 bits per heavy atom. The van der Waals surface area contributed by atoms with Crippen molar-refractivity contribution in [2.24, 2.45) is 5.73 Å². The Bertz CT molecular complexity index is 782. The zero-order valence-corrected chi connectivity index (χ0v) is 17.1. The predicted octanol–water partition coefficient (Wildman–Crippen LogP) is 3.60. The number of hydrogen-bond donors (Lipinski definition) is 2. The number of hydrogen-bond acceptors (Lipinski definition) is 6. The molecule has 1 heterocycles. The van der Waals surface area contributed by atoms with E-state index in [4.69, 9.17) is 10.5 Å². The topological polar surface area (TPSA) is 94.3 Å². The number of anilines is 1. The third-order valence-electron chi connectivity index (χ3n) is 3.66. The third kappa shape index (κ3) is 5.03. The molecule has 0 saturated heterocycles. The zero-order chi connectivity index (χ0) is 18.8. The molecule has 1 unspecified atom stereocenters. The van der Waals surface area contributed by atoms with Gasteiger partial charge in [-0.25, -0.2) is 9.78 Å². The second kappa shape index (κ2) is 8.62. The Morgan fingerprint density at radius 1 is 1.23 bits per heavy atom. The monoisotopic (exact) mass is 397 g/mol. The van der Waals surface area contributed by atoms with Crippen LogP contribution in [0.4, 0.5) is 5.13 Å². The summed E-state index contributed by atoms with van der Waals surface area (Å²) in [7, 11) is 1.32. The number of benzene rings is 1. The Labute approximate surface area is 163 Å². The molecule has 0 bridgehead atoms. The molecule has 1 amide bonds. The molecule has 1 aromatic heterocycles. The first-order valence-corrected chi connectivity index (χ1v) is 8.67. The lowest BCUT2D eigenvalue weighted by atomic mass is 9.91. The molecular formula is C18H24ClN3O3S. The molecule has 0 aliphatic heterocycles. The molecule has 1 atom stereocenters. The number of carbonyl (C=O) groups is 2. The maximum atomic E-state index is 12.4. The summed E-state index contributed by atoms with van der Waals surface area (Å²) in [6, 6.07) is 6.63. The van der Waals surface area contributed by atoms with E-state index in [2.05, 4.69) is 10.3 Å². The molecule has 0 spiro atoms. The molecule has 142 valence electrons. The van der Waals surface area contributed by atoms with Crippen LogP contribution in [0.2, 0.25) is 0 Å². The third-order valence-corrected chi connectivity index (χ3v) is 4.61. The van der Waals surface area contributed by atoms with Crippen LogP contribution in [0.1, 0.15) is 53.3 Å². The number of thiazole rings is 1. The summed E-state index contributed by atoms with van der Waals surface area (Å²) in [5.41, 5.74) is 8.06. The van der Waals surface area contributed by atoms with Crippen LogP contribution in [-0.2, 0) is 14.9 Å². The van der Waals surface area contributed by atoms with Crippen LogP contribution in [-0.4, -0.2) is 24.0 Å². The Kier molecular flexibility index (Phi) is 7.32. The van der Waals surface area contributed by atoms with Gasteiger partial charge in [0.05, 0.1) is 12.8 Å². The zero-order valence-electron chi connectivity index (χ0n) is 15.5. The van der Waals surface area contributed by atoms with Crippen molar-refractivity contribution in [1.82, 2.24) is 4.98 Å². The summed E-state index contributed by atoms with van der Waals surface area (Å²) >= 11 is 1.09. The average molecular weight is 398 g/mol. The number of rotatable bonds is 4. The van der Waals surface area contributed by atoms with Crippen molar-refractivity contribution in [1.29, 1.82) is 0 Å². The number of nitrogens with zero attached hydrogens (tertiary/aromatic N) is 1. The molecule has 8 heteroatoms. The van der Waals surface area contributed by atoms with Gasteiger partial charge in [-0.05, 0) is 12.5 Å². The van der Waals surface area contributed by atoms with Crippen LogP contribution in [0.5, 0.6) is 0 Å². The highest BCUT2D eigenvalue weighted by Gasteiger charge is 2.28. The minimum Gasteiger partial charge on any atom is -0.465 e. The van der Waals surface area contributed by atoms with E-state index in [1.54, 1.807) is 0 Å². The van der Waals surface area contributed by atoms with E-state index in [1.165, 1.54) is 7.11 Å². The van der Waals surface area contributed by atoms with E-state index < -0.39 is 12.0 Å². The highest BCUT2D eigenvalue weighted by molar-refractivity contribution is 7.17. The van der Waals surface area contributed by atoms with Gasteiger partial charge in [-0.2, -0.15) is 0 Å². The number of nitrogens with one attached hydrogen (secondary N) is 1. The second-order valence-corrected chi connectivity index (χ2v) is 7.82. The molecule has 3 N–H and O–H groups in total. The maximum Gasteiger partial charge on any atom is 0.350 e. The van der Waals surface area contributed by atoms with Crippen LogP contribution in [0.25, 0.3) is 0 Å². The lowest BCUT2D eigenvalue weighted by Crippen LogP contribution is -2.27. The normalized spacial score (nSPS) is 12.1. The van der Waals surface area contributed by atoms with Crippen LogP contribution < -0.4 is 11.1 Å². The van der Waals surface area contributed by atoms with Gasteiger partial charge in [0.15, 0.2) is 5.13 Å². The van der Waals surface area contributed by atoms with Crippen LogP contribution in [0.15, 0.2) is 24.3 Å². The number of carbonyl (C=O) groups excluding carboxylic acids is 2. The molecular weight excluding hydrogens is 374 g/mol. The van der Waals surface area contributed by atoms with Crippen molar-refractivity contribution in [2.75, 3.05) is 12.4 Å². The molecule has 6 nitrogen and oxygen atoms in total. The quantitative estimate of drug-likeness (QED) is 0.768. The molecule has 0 aliphatic carbocycles. The fourth-order valence-corrected chi connectivity index (χ4v) is 3.32. The largest absolute Gasteiger partial charge is 0.465 e. The molecule has 1 aromatic carbocycles. The number of aromatic nitrogens is 1. The van der Waals surface area contributed by atoms with Gasteiger partial charge in [-0.15, -0.1) is 12.4 Å². The van der Waals surface area contributed by atoms with Crippen molar-refractivity contribution in [3.8, 4) is 0 Å². The lowest BCUT2D eigenvalue weighted by molar-refractivity contribution is -0.117. The summed E-state index contributed by atoms with van der Waals surface area (Å²) in [4.78, 5) is 29.2. The van der Waals surface area contributed by atoms with Crippen LogP contribution in [0.3, 0.4) is 0 Å². The lowest BCUT2D eigenvalue weighted by Gasteiger charge is -2.16. The highest BCUT2D eigenvalue weighted by Crippen LogP contribution is 2.33.